The van der Waals surface area contributed by atoms with E-state index in [0.717, 1.165) is 5.56 Å². The van der Waals surface area contributed by atoms with Crippen molar-refractivity contribution in [2.75, 3.05) is 20.6 Å². The monoisotopic (exact) mass is 274 g/mol. The molecule has 0 aliphatic carbocycles. The normalized spacial score (nSPS) is 12.3. The maximum atomic E-state index is 11.4. The zero-order valence-electron chi connectivity index (χ0n) is 10.1. The second-order valence-corrected chi connectivity index (χ2v) is 4.82. The van der Waals surface area contributed by atoms with Gasteiger partial charge >= 0.3 is 0 Å². The van der Waals surface area contributed by atoms with Crippen molar-refractivity contribution in [3.8, 4) is 0 Å². The summed E-state index contributed by atoms with van der Waals surface area (Å²) in [5.41, 5.74) is 0.894. The Morgan fingerprint density at radius 3 is 2.65 bits per heavy atom. The summed E-state index contributed by atoms with van der Waals surface area (Å²) in [5, 5.41) is 4.17. The fourth-order valence-electron chi connectivity index (χ4n) is 1.36. The number of nitrogens with zero attached hydrogens (tertiary/aromatic N) is 1. The first-order valence-corrected chi connectivity index (χ1v) is 6.06. The Hall–Kier alpha value is -0.770. The highest BCUT2D eigenvalue weighted by atomic mass is 35.5. The molecule has 1 aromatic carbocycles. The highest BCUT2D eigenvalue weighted by Gasteiger charge is 2.13. The fraction of sp³-hybridized carbons (Fsp3) is 0.417. The Morgan fingerprint density at radius 1 is 1.41 bits per heavy atom. The summed E-state index contributed by atoms with van der Waals surface area (Å²) in [5.74, 6) is 0.0231. The number of carbonyl (C=O) groups is 1. The Bertz CT molecular complexity index is 407. The van der Waals surface area contributed by atoms with Crippen molar-refractivity contribution in [1.82, 2.24) is 10.2 Å². The van der Waals surface area contributed by atoms with Crippen LogP contribution >= 0.6 is 23.2 Å². The molecular weight excluding hydrogens is 259 g/mol. The largest absolute Gasteiger partial charge is 0.348 e. The lowest BCUT2D eigenvalue weighted by Gasteiger charge is -2.17. The third-order valence-corrected chi connectivity index (χ3v) is 3.34. The van der Waals surface area contributed by atoms with Crippen LogP contribution in [0.1, 0.15) is 18.5 Å². The lowest BCUT2D eigenvalue weighted by Crippen LogP contribution is -2.34. The van der Waals surface area contributed by atoms with Crippen LogP contribution in [0.2, 0.25) is 10.0 Å². The SMILES string of the molecule is CC(NCC(=O)N(C)C)c1cccc(Cl)c1Cl. The molecule has 0 bridgehead atoms. The number of hydrogen-bond donors (Lipinski definition) is 1. The van der Waals surface area contributed by atoms with Crippen LogP contribution < -0.4 is 5.32 Å². The van der Waals surface area contributed by atoms with Crippen LogP contribution in [0.5, 0.6) is 0 Å². The third-order valence-electron chi connectivity index (χ3n) is 2.51. The molecule has 0 saturated heterocycles. The minimum absolute atomic E-state index is 0.0231. The molecule has 1 unspecified atom stereocenters. The fourth-order valence-corrected chi connectivity index (χ4v) is 1.83. The molecule has 0 fully saturated rings. The van der Waals surface area contributed by atoms with Crippen LogP contribution in [-0.2, 0) is 4.79 Å². The van der Waals surface area contributed by atoms with Gasteiger partial charge in [0.2, 0.25) is 5.91 Å². The van der Waals surface area contributed by atoms with Crippen LogP contribution in [0.15, 0.2) is 18.2 Å². The quantitative estimate of drug-likeness (QED) is 0.916. The zero-order chi connectivity index (χ0) is 13.0. The van der Waals surface area contributed by atoms with Crippen LogP contribution in [0, 0.1) is 0 Å². The Labute approximate surface area is 112 Å². The van der Waals surface area contributed by atoms with Crippen molar-refractivity contribution in [3.63, 3.8) is 0 Å². The van der Waals surface area contributed by atoms with E-state index in [0.29, 0.717) is 10.0 Å². The van der Waals surface area contributed by atoms with E-state index < -0.39 is 0 Å². The van der Waals surface area contributed by atoms with Crippen molar-refractivity contribution < 1.29 is 4.79 Å². The number of amides is 1. The number of rotatable bonds is 4. The Morgan fingerprint density at radius 2 is 2.06 bits per heavy atom. The molecule has 17 heavy (non-hydrogen) atoms. The van der Waals surface area contributed by atoms with Gasteiger partial charge in [-0.2, -0.15) is 0 Å². The summed E-state index contributed by atoms with van der Waals surface area (Å²) < 4.78 is 0. The van der Waals surface area contributed by atoms with Gasteiger partial charge in [-0.1, -0.05) is 35.3 Å². The zero-order valence-corrected chi connectivity index (χ0v) is 11.6. The van der Waals surface area contributed by atoms with E-state index in [2.05, 4.69) is 5.32 Å². The van der Waals surface area contributed by atoms with E-state index in [-0.39, 0.29) is 18.5 Å². The van der Waals surface area contributed by atoms with Gasteiger partial charge < -0.3 is 10.2 Å². The van der Waals surface area contributed by atoms with Crippen molar-refractivity contribution in [2.45, 2.75) is 13.0 Å². The molecule has 5 heteroatoms. The summed E-state index contributed by atoms with van der Waals surface area (Å²) in [6.45, 7) is 2.22. The van der Waals surface area contributed by atoms with E-state index in [1.165, 1.54) is 0 Å². The number of likely N-dealkylation sites (N-methyl/N-ethyl adjacent to an activating group) is 1. The van der Waals surface area contributed by atoms with Gasteiger partial charge in [-0.25, -0.2) is 0 Å². The van der Waals surface area contributed by atoms with E-state index in [4.69, 9.17) is 23.2 Å². The number of carbonyl (C=O) groups excluding carboxylic acids is 1. The van der Waals surface area contributed by atoms with E-state index in [9.17, 15) is 4.79 Å². The maximum Gasteiger partial charge on any atom is 0.236 e. The summed E-state index contributed by atoms with van der Waals surface area (Å²) in [7, 11) is 3.45. The molecule has 0 aliphatic rings. The van der Waals surface area contributed by atoms with Crippen LogP contribution in [-0.4, -0.2) is 31.4 Å². The first kappa shape index (κ1) is 14.3. The average molecular weight is 275 g/mol. The molecule has 1 atom stereocenters. The Kier molecular flexibility index (Phi) is 5.25. The van der Waals surface area contributed by atoms with Gasteiger partial charge in [-0.05, 0) is 18.6 Å². The average Bonchev–Trinajstić information content (AvgIpc) is 2.29. The van der Waals surface area contributed by atoms with Gasteiger partial charge in [0.05, 0.1) is 16.6 Å². The predicted octanol–water partition coefficient (Wildman–Crippen LogP) is 2.73. The molecule has 1 N–H and O–H groups in total. The number of nitrogens with one attached hydrogen (secondary N) is 1. The van der Waals surface area contributed by atoms with Gasteiger partial charge in [-0.3, -0.25) is 4.79 Å². The molecule has 0 radical (unpaired) electrons. The molecule has 3 nitrogen and oxygen atoms in total. The first-order chi connectivity index (χ1) is 7.93. The van der Waals surface area contributed by atoms with Crippen LogP contribution in [0.3, 0.4) is 0 Å². The summed E-state index contributed by atoms with van der Waals surface area (Å²) in [4.78, 5) is 13.0. The molecule has 1 rings (SSSR count). The van der Waals surface area contributed by atoms with Crippen LogP contribution in [0.4, 0.5) is 0 Å². The first-order valence-electron chi connectivity index (χ1n) is 5.31. The van der Waals surface area contributed by atoms with Crippen molar-refractivity contribution in [2.24, 2.45) is 0 Å². The van der Waals surface area contributed by atoms with Crippen LogP contribution in [0.25, 0.3) is 0 Å². The highest BCUT2D eigenvalue weighted by molar-refractivity contribution is 6.42. The summed E-state index contributed by atoms with van der Waals surface area (Å²) in [6.07, 6.45) is 0. The molecule has 0 aromatic heterocycles. The van der Waals surface area contributed by atoms with Gasteiger partial charge in [0.1, 0.15) is 0 Å². The van der Waals surface area contributed by atoms with E-state index in [1.54, 1.807) is 25.1 Å². The summed E-state index contributed by atoms with van der Waals surface area (Å²) in [6, 6.07) is 5.46. The predicted molar refractivity (Wildman–Crippen MR) is 71.6 cm³/mol. The minimum Gasteiger partial charge on any atom is -0.348 e. The minimum atomic E-state index is -0.0231. The number of hydrogen-bond acceptors (Lipinski definition) is 2. The molecular formula is C12H16Cl2N2O. The third kappa shape index (κ3) is 3.87. The van der Waals surface area contributed by atoms with Gasteiger partial charge in [0.15, 0.2) is 0 Å². The van der Waals surface area contributed by atoms with Gasteiger partial charge in [0.25, 0.3) is 0 Å². The summed E-state index contributed by atoms with van der Waals surface area (Å²) >= 11 is 12.0. The Balaban J connectivity index is 2.67. The maximum absolute atomic E-state index is 11.4. The second kappa shape index (κ2) is 6.24. The van der Waals surface area contributed by atoms with Crippen molar-refractivity contribution >= 4 is 29.1 Å². The van der Waals surface area contributed by atoms with Gasteiger partial charge in [0, 0.05) is 20.1 Å². The van der Waals surface area contributed by atoms with Crippen molar-refractivity contribution in [3.05, 3.63) is 33.8 Å². The topological polar surface area (TPSA) is 32.3 Å². The lowest BCUT2D eigenvalue weighted by molar-refractivity contribution is -0.127. The standard InChI is InChI=1S/C12H16Cl2N2O/c1-8(15-7-11(17)16(2)3)9-5-4-6-10(13)12(9)14/h4-6,8,15H,7H2,1-3H3. The molecule has 1 aromatic rings. The molecule has 1 amide bonds. The lowest BCUT2D eigenvalue weighted by atomic mass is 10.1. The molecule has 0 spiro atoms. The van der Waals surface area contributed by atoms with Gasteiger partial charge in [-0.15, -0.1) is 0 Å². The van der Waals surface area contributed by atoms with E-state index in [1.807, 2.05) is 19.1 Å². The highest BCUT2D eigenvalue weighted by Crippen LogP contribution is 2.29. The second-order valence-electron chi connectivity index (χ2n) is 4.03. The number of benzene rings is 1. The van der Waals surface area contributed by atoms with Crippen molar-refractivity contribution in [1.29, 1.82) is 0 Å². The molecule has 94 valence electrons. The smallest absolute Gasteiger partial charge is 0.236 e. The molecule has 0 saturated carbocycles. The number of halogens is 2. The van der Waals surface area contributed by atoms with E-state index >= 15 is 0 Å². The molecule has 0 heterocycles. The molecule has 0 aliphatic heterocycles.